The third kappa shape index (κ3) is 3.91. The van der Waals surface area contributed by atoms with Crippen LogP contribution >= 0.6 is 0 Å². The number of hydrogen-bond donors (Lipinski definition) is 3. The maximum absolute atomic E-state index is 12.1. The summed E-state index contributed by atoms with van der Waals surface area (Å²) < 4.78 is 0. The Bertz CT molecular complexity index is 504. The number of aryl methyl sites for hydroxylation is 1. The number of carbonyl (C=O) groups excluding carboxylic acids is 1. The summed E-state index contributed by atoms with van der Waals surface area (Å²) in [4.78, 5) is 31.4. The summed E-state index contributed by atoms with van der Waals surface area (Å²) in [6.07, 6.45) is 0.655. The fourth-order valence-corrected chi connectivity index (χ4v) is 1.69. The van der Waals surface area contributed by atoms with Crippen LogP contribution in [0.15, 0.2) is 6.07 Å². The Hall–Kier alpha value is -2.18. The average Bonchev–Trinajstić information content (AvgIpc) is 2.42. The van der Waals surface area contributed by atoms with Crippen LogP contribution in [0.25, 0.3) is 0 Å². The zero-order valence-electron chi connectivity index (χ0n) is 12.1. The quantitative estimate of drug-likeness (QED) is 0.719. The molecule has 0 radical (unpaired) electrons. The molecule has 0 fully saturated rings. The number of amides is 1. The van der Waals surface area contributed by atoms with Crippen molar-refractivity contribution < 1.29 is 14.7 Å². The van der Waals surface area contributed by atoms with Crippen molar-refractivity contribution in [2.45, 2.75) is 33.2 Å². The van der Waals surface area contributed by atoms with Gasteiger partial charge in [0.05, 0.1) is 0 Å². The smallest absolute Gasteiger partial charge is 0.326 e. The first-order valence-electron chi connectivity index (χ1n) is 6.46. The summed E-state index contributed by atoms with van der Waals surface area (Å²) >= 11 is 0. The van der Waals surface area contributed by atoms with Gasteiger partial charge in [-0.15, -0.1) is 0 Å². The molecule has 0 bridgehead atoms. The van der Waals surface area contributed by atoms with Gasteiger partial charge in [0.2, 0.25) is 5.95 Å². The fraction of sp³-hybridized carbons (Fsp3) is 0.538. The summed E-state index contributed by atoms with van der Waals surface area (Å²) in [6, 6.07) is 0.590. The second kappa shape index (κ2) is 6.83. The molecule has 1 aromatic rings. The molecule has 0 saturated heterocycles. The zero-order valence-corrected chi connectivity index (χ0v) is 12.1. The maximum Gasteiger partial charge on any atom is 0.326 e. The zero-order chi connectivity index (χ0) is 15.3. The van der Waals surface area contributed by atoms with Crippen LogP contribution in [0.4, 0.5) is 5.95 Å². The molecule has 7 heteroatoms. The Balaban J connectivity index is 2.94. The monoisotopic (exact) mass is 280 g/mol. The normalized spacial score (nSPS) is 13.4. The summed E-state index contributed by atoms with van der Waals surface area (Å²) in [5, 5.41) is 14.4. The van der Waals surface area contributed by atoms with E-state index in [9.17, 15) is 9.59 Å². The fourth-order valence-electron chi connectivity index (χ4n) is 1.69. The first-order chi connectivity index (χ1) is 9.38. The van der Waals surface area contributed by atoms with E-state index in [2.05, 4.69) is 20.6 Å². The molecule has 1 heterocycles. The van der Waals surface area contributed by atoms with Crippen molar-refractivity contribution in [3.8, 4) is 0 Å². The van der Waals surface area contributed by atoms with Crippen LogP contribution in [-0.4, -0.2) is 40.0 Å². The molecule has 0 saturated carbocycles. The molecule has 0 aromatic carbocycles. The Kier molecular flexibility index (Phi) is 5.42. The predicted octanol–water partition coefficient (Wildman–Crippen LogP) is 1.06. The number of nitrogens with one attached hydrogen (secondary N) is 2. The first kappa shape index (κ1) is 15.9. The molecule has 3 N–H and O–H groups in total. The van der Waals surface area contributed by atoms with E-state index in [1.54, 1.807) is 20.9 Å². The summed E-state index contributed by atoms with van der Waals surface area (Å²) in [7, 11) is 1.65. The van der Waals surface area contributed by atoms with Crippen molar-refractivity contribution in [1.29, 1.82) is 0 Å². The van der Waals surface area contributed by atoms with Gasteiger partial charge in [-0.3, -0.25) is 4.79 Å². The standard InChI is InChI=1S/C13H20N4O3/c1-5-7(2)10(12(19)20)17-11(18)9-6-8(3)15-13(14-4)16-9/h6-7,10H,5H2,1-4H3,(H,17,18)(H,19,20)(H,14,15,16)/t7-,10-/m0/s1. The number of nitrogens with zero attached hydrogens (tertiary/aromatic N) is 2. The van der Waals surface area contributed by atoms with Crippen molar-refractivity contribution in [2.24, 2.45) is 5.92 Å². The van der Waals surface area contributed by atoms with Crippen LogP contribution in [0.2, 0.25) is 0 Å². The lowest BCUT2D eigenvalue weighted by Gasteiger charge is -2.20. The van der Waals surface area contributed by atoms with E-state index in [1.165, 1.54) is 6.07 Å². The van der Waals surface area contributed by atoms with Crippen LogP contribution in [0.3, 0.4) is 0 Å². The van der Waals surface area contributed by atoms with Gasteiger partial charge in [-0.2, -0.15) is 0 Å². The molecular formula is C13H20N4O3. The molecule has 7 nitrogen and oxygen atoms in total. The minimum atomic E-state index is -1.05. The van der Waals surface area contributed by atoms with Crippen LogP contribution in [0.5, 0.6) is 0 Å². The van der Waals surface area contributed by atoms with Gasteiger partial charge < -0.3 is 15.7 Å². The lowest BCUT2D eigenvalue weighted by atomic mass is 9.99. The van der Waals surface area contributed by atoms with E-state index >= 15 is 0 Å². The highest BCUT2D eigenvalue weighted by Crippen LogP contribution is 2.10. The van der Waals surface area contributed by atoms with Gasteiger partial charge in [-0.1, -0.05) is 20.3 Å². The summed E-state index contributed by atoms with van der Waals surface area (Å²) in [5.74, 6) is -1.40. The largest absolute Gasteiger partial charge is 0.480 e. The molecule has 1 amide bonds. The number of carbonyl (C=O) groups is 2. The van der Waals surface area contributed by atoms with E-state index in [-0.39, 0.29) is 11.6 Å². The highest BCUT2D eigenvalue weighted by molar-refractivity contribution is 5.95. The van der Waals surface area contributed by atoms with Crippen molar-refractivity contribution in [1.82, 2.24) is 15.3 Å². The number of carboxylic acids is 1. The predicted molar refractivity (Wildman–Crippen MR) is 74.7 cm³/mol. The van der Waals surface area contributed by atoms with Crippen molar-refractivity contribution in [2.75, 3.05) is 12.4 Å². The summed E-state index contributed by atoms with van der Waals surface area (Å²) in [6.45, 7) is 5.40. The topological polar surface area (TPSA) is 104 Å². The van der Waals surface area contributed by atoms with Crippen LogP contribution in [-0.2, 0) is 4.79 Å². The van der Waals surface area contributed by atoms with Crippen molar-refractivity contribution in [3.05, 3.63) is 17.5 Å². The highest BCUT2D eigenvalue weighted by Gasteiger charge is 2.26. The SMILES string of the molecule is CC[C@H](C)[C@H](NC(=O)c1cc(C)nc(NC)n1)C(=O)O. The molecule has 0 aliphatic heterocycles. The molecule has 110 valence electrons. The third-order valence-electron chi connectivity index (χ3n) is 3.08. The second-order valence-corrected chi connectivity index (χ2v) is 4.64. The van der Waals surface area contributed by atoms with Gasteiger partial charge in [0.15, 0.2) is 0 Å². The number of hydrogen-bond acceptors (Lipinski definition) is 5. The lowest BCUT2D eigenvalue weighted by Crippen LogP contribution is -2.45. The molecule has 20 heavy (non-hydrogen) atoms. The van der Waals surface area contributed by atoms with Crippen LogP contribution in [0, 0.1) is 12.8 Å². The average molecular weight is 280 g/mol. The van der Waals surface area contributed by atoms with Gasteiger partial charge in [0, 0.05) is 12.7 Å². The molecule has 0 aliphatic rings. The maximum atomic E-state index is 12.1. The van der Waals surface area contributed by atoms with Crippen LogP contribution < -0.4 is 10.6 Å². The van der Waals surface area contributed by atoms with Crippen LogP contribution in [0.1, 0.15) is 36.5 Å². The first-order valence-corrected chi connectivity index (χ1v) is 6.46. The minimum absolute atomic E-state index is 0.149. The van der Waals surface area contributed by atoms with Gasteiger partial charge >= 0.3 is 5.97 Å². The number of anilines is 1. The van der Waals surface area contributed by atoms with Crippen molar-refractivity contribution in [3.63, 3.8) is 0 Å². The van der Waals surface area contributed by atoms with E-state index in [4.69, 9.17) is 5.11 Å². The lowest BCUT2D eigenvalue weighted by molar-refractivity contribution is -0.140. The molecule has 0 unspecified atom stereocenters. The molecule has 2 atom stereocenters. The van der Waals surface area contributed by atoms with E-state index < -0.39 is 17.9 Å². The Morgan fingerprint density at radius 2 is 2.05 bits per heavy atom. The third-order valence-corrected chi connectivity index (χ3v) is 3.08. The van der Waals surface area contributed by atoms with Gasteiger partial charge in [0.1, 0.15) is 11.7 Å². The van der Waals surface area contributed by atoms with Crippen molar-refractivity contribution >= 4 is 17.8 Å². The molecule has 0 spiro atoms. The van der Waals surface area contributed by atoms with E-state index in [0.717, 1.165) is 0 Å². The summed E-state index contributed by atoms with van der Waals surface area (Å²) in [5.41, 5.74) is 0.779. The van der Waals surface area contributed by atoms with Gasteiger partial charge in [-0.05, 0) is 18.9 Å². The number of aliphatic carboxylic acids is 1. The molecular weight excluding hydrogens is 260 g/mol. The van der Waals surface area contributed by atoms with Gasteiger partial charge in [0.25, 0.3) is 5.91 Å². The molecule has 1 rings (SSSR count). The van der Waals surface area contributed by atoms with E-state index in [0.29, 0.717) is 18.1 Å². The number of aromatic nitrogens is 2. The minimum Gasteiger partial charge on any atom is -0.480 e. The van der Waals surface area contributed by atoms with E-state index in [1.807, 2.05) is 6.92 Å². The Morgan fingerprint density at radius 1 is 1.40 bits per heavy atom. The number of rotatable bonds is 6. The number of carboxylic acid groups (broad SMARTS) is 1. The highest BCUT2D eigenvalue weighted by atomic mass is 16.4. The molecule has 1 aromatic heterocycles. The molecule has 0 aliphatic carbocycles. The second-order valence-electron chi connectivity index (χ2n) is 4.64. The Morgan fingerprint density at radius 3 is 2.55 bits per heavy atom. The Labute approximate surface area is 117 Å². The van der Waals surface area contributed by atoms with Gasteiger partial charge in [-0.25, -0.2) is 14.8 Å².